The number of nitrogens with one attached hydrogen (secondary N) is 2. The van der Waals surface area contributed by atoms with Gasteiger partial charge in [0.05, 0.1) is 23.6 Å². The van der Waals surface area contributed by atoms with Crippen molar-refractivity contribution in [2.45, 2.75) is 46.8 Å². The van der Waals surface area contributed by atoms with E-state index in [0.717, 1.165) is 22.5 Å². The minimum Gasteiger partial charge on any atom is -0.444 e. The van der Waals surface area contributed by atoms with E-state index in [1.807, 2.05) is 48.9 Å². The highest BCUT2D eigenvalue weighted by Crippen LogP contribution is 2.22. The number of rotatable bonds is 7. The first-order valence-corrected chi connectivity index (χ1v) is 11.5. The summed E-state index contributed by atoms with van der Waals surface area (Å²) >= 11 is 0. The lowest BCUT2D eigenvalue weighted by molar-refractivity contribution is -0.111. The Morgan fingerprint density at radius 2 is 1.57 bits per heavy atom. The van der Waals surface area contributed by atoms with Crippen molar-refractivity contribution in [3.63, 3.8) is 0 Å². The summed E-state index contributed by atoms with van der Waals surface area (Å²) in [5.41, 5.74) is 4.14. The molecule has 7 nitrogen and oxygen atoms in total. The van der Waals surface area contributed by atoms with Crippen LogP contribution in [0.25, 0.3) is 12.2 Å². The van der Waals surface area contributed by atoms with Crippen LogP contribution in [0.15, 0.2) is 66.7 Å². The fourth-order valence-electron chi connectivity index (χ4n) is 3.43. The summed E-state index contributed by atoms with van der Waals surface area (Å²) < 4.78 is 7.21. The predicted molar refractivity (Wildman–Crippen MR) is 141 cm³/mol. The molecule has 35 heavy (non-hydrogen) atoms. The van der Waals surface area contributed by atoms with Gasteiger partial charge in [0.15, 0.2) is 0 Å². The zero-order valence-electron chi connectivity index (χ0n) is 20.8. The smallest absolute Gasteiger partial charge is 0.412 e. The quantitative estimate of drug-likeness (QED) is 0.400. The van der Waals surface area contributed by atoms with Gasteiger partial charge in [0.2, 0.25) is 5.91 Å². The van der Waals surface area contributed by atoms with E-state index in [4.69, 9.17) is 4.74 Å². The Morgan fingerprint density at radius 1 is 0.943 bits per heavy atom. The van der Waals surface area contributed by atoms with Gasteiger partial charge in [-0.3, -0.25) is 14.8 Å². The van der Waals surface area contributed by atoms with Crippen molar-refractivity contribution < 1.29 is 14.3 Å². The third-order valence-corrected chi connectivity index (χ3v) is 5.05. The van der Waals surface area contributed by atoms with E-state index in [-0.39, 0.29) is 5.91 Å². The van der Waals surface area contributed by atoms with E-state index in [1.165, 1.54) is 6.08 Å². The van der Waals surface area contributed by atoms with Gasteiger partial charge in [0, 0.05) is 17.3 Å². The molecular weight excluding hydrogens is 440 g/mol. The lowest BCUT2D eigenvalue weighted by Gasteiger charge is -2.20. The lowest BCUT2D eigenvalue weighted by Crippen LogP contribution is -2.27. The van der Waals surface area contributed by atoms with Crippen LogP contribution in [0, 0.1) is 13.8 Å². The second kappa shape index (κ2) is 11.3. The molecule has 3 aromatic rings. The standard InChI is InChI=1S/C28H32N4O3/c1-20-23(21(2)32(31-20)19-11-14-22-12-7-6-8-13-22)17-18-26(33)29-24-15-9-10-16-25(24)30-27(34)35-28(3,4)5/h6-18H,19H2,1-5H3,(H,29,33)(H,30,34)/b14-11+,18-17+. The number of nitrogens with zero attached hydrogens (tertiary/aromatic N) is 2. The molecule has 0 fully saturated rings. The Kier molecular flexibility index (Phi) is 8.25. The molecule has 0 bridgehead atoms. The number of anilines is 2. The number of allylic oxidation sites excluding steroid dienone is 1. The van der Waals surface area contributed by atoms with Crippen LogP contribution in [-0.4, -0.2) is 27.4 Å². The third kappa shape index (κ3) is 7.71. The van der Waals surface area contributed by atoms with Gasteiger partial charge in [0.1, 0.15) is 5.60 Å². The van der Waals surface area contributed by atoms with Gasteiger partial charge in [-0.1, -0.05) is 54.6 Å². The molecule has 0 radical (unpaired) electrons. The van der Waals surface area contributed by atoms with Gasteiger partial charge in [-0.25, -0.2) is 4.79 Å². The van der Waals surface area contributed by atoms with Gasteiger partial charge >= 0.3 is 6.09 Å². The van der Waals surface area contributed by atoms with E-state index < -0.39 is 11.7 Å². The summed E-state index contributed by atoms with van der Waals surface area (Å²) in [6.07, 6.45) is 6.75. The fraction of sp³-hybridized carbons (Fsp3) is 0.250. The molecular formula is C28H32N4O3. The van der Waals surface area contributed by atoms with E-state index in [9.17, 15) is 9.59 Å². The van der Waals surface area contributed by atoms with E-state index in [0.29, 0.717) is 17.9 Å². The Labute approximate surface area is 206 Å². The Morgan fingerprint density at radius 3 is 2.23 bits per heavy atom. The molecule has 0 unspecified atom stereocenters. The summed E-state index contributed by atoms with van der Waals surface area (Å²) in [6.45, 7) is 9.89. The van der Waals surface area contributed by atoms with Gasteiger partial charge in [0.25, 0.3) is 0 Å². The fourth-order valence-corrected chi connectivity index (χ4v) is 3.43. The van der Waals surface area contributed by atoms with Crippen molar-refractivity contribution in [3.8, 4) is 0 Å². The second-order valence-corrected chi connectivity index (χ2v) is 9.07. The molecule has 0 atom stereocenters. The van der Waals surface area contributed by atoms with Crippen LogP contribution in [0.5, 0.6) is 0 Å². The number of benzene rings is 2. The van der Waals surface area contributed by atoms with Gasteiger partial charge in [-0.05, 0) is 58.4 Å². The summed E-state index contributed by atoms with van der Waals surface area (Å²) in [7, 11) is 0. The van der Waals surface area contributed by atoms with E-state index >= 15 is 0 Å². The highest BCUT2D eigenvalue weighted by atomic mass is 16.6. The number of hydrogen-bond acceptors (Lipinski definition) is 4. The number of aromatic nitrogens is 2. The van der Waals surface area contributed by atoms with Gasteiger partial charge in [-0.15, -0.1) is 0 Å². The van der Waals surface area contributed by atoms with Crippen LogP contribution >= 0.6 is 0 Å². The van der Waals surface area contributed by atoms with Crippen molar-refractivity contribution in [1.82, 2.24) is 9.78 Å². The number of hydrogen-bond donors (Lipinski definition) is 2. The van der Waals surface area contributed by atoms with Crippen molar-refractivity contribution >= 4 is 35.5 Å². The molecule has 2 aromatic carbocycles. The maximum atomic E-state index is 12.6. The first kappa shape index (κ1) is 25.5. The molecule has 3 rings (SSSR count). The minimum absolute atomic E-state index is 0.320. The number of para-hydroxylation sites is 2. The van der Waals surface area contributed by atoms with Gasteiger partial charge in [-0.2, -0.15) is 5.10 Å². The highest BCUT2D eigenvalue weighted by Gasteiger charge is 2.17. The number of carbonyl (C=O) groups is 2. The van der Waals surface area contributed by atoms with Crippen molar-refractivity contribution in [3.05, 3.63) is 89.3 Å². The normalized spacial score (nSPS) is 11.7. The number of aryl methyl sites for hydroxylation is 1. The molecule has 1 aromatic heterocycles. The Bertz CT molecular complexity index is 1230. The van der Waals surface area contributed by atoms with Crippen molar-refractivity contribution in [2.24, 2.45) is 0 Å². The van der Waals surface area contributed by atoms with Crippen molar-refractivity contribution in [1.29, 1.82) is 0 Å². The second-order valence-electron chi connectivity index (χ2n) is 9.07. The van der Waals surface area contributed by atoms with E-state index in [2.05, 4.69) is 27.9 Å². The molecule has 182 valence electrons. The molecule has 0 saturated heterocycles. The molecule has 0 spiro atoms. The lowest BCUT2D eigenvalue weighted by atomic mass is 10.2. The average molecular weight is 473 g/mol. The predicted octanol–water partition coefficient (Wildman–Crippen LogP) is 6.21. The molecule has 0 aliphatic carbocycles. The molecule has 1 heterocycles. The SMILES string of the molecule is Cc1nn(C/C=C/c2ccccc2)c(C)c1/C=C/C(=O)Nc1ccccc1NC(=O)OC(C)(C)C. The first-order chi connectivity index (χ1) is 16.6. The highest BCUT2D eigenvalue weighted by molar-refractivity contribution is 6.05. The maximum absolute atomic E-state index is 12.6. The van der Waals surface area contributed by atoms with Crippen molar-refractivity contribution in [2.75, 3.05) is 10.6 Å². The molecule has 0 aliphatic rings. The van der Waals surface area contributed by atoms with E-state index in [1.54, 1.807) is 51.1 Å². The molecule has 2 amide bonds. The topological polar surface area (TPSA) is 85.3 Å². The molecule has 0 saturated carbocycles. The number of carbonyl (C=O) groups excluding carboxylic acids is 2. The average Bonchev–Trinajstić information content (AvgIpc) is 3.05. The Hall–Kier alpha value is -4.13. The van der Waals surface area contributed by atoms with Crippen LogP contribution in [0.3, 0.4) is 0 Å². The Balaban J connectivity index is 1.65. The van der Waals surface area contributed by atoms with Crippen LogP contribution in [0.1, 0.15) is 43.3 Å². The molecule has 0 aliphatic heterocycles. The number of amides is 2. The molecule has 2 N–H and O–H groups in total. The minimum atomic E-state index is -0.623. The zero-order chi connectivity index (χ0) is 25.4. The maximum Gasteiger partial charge on any atom is 0.412 e. The monoisotopic (exact) mass is 472 g/mol. The number of ether oxygens (including phenoxy) is 1. The van der Waals surface area contributed by atoms with Crippen LogP contribution in [-0.2, 0) is 16.1 Å². The van der Waals surface area contributed by atoms with Crippen LogP contribution in [0.2, 0.25) is 0 Å². The summed E-state index contributed by atoms with van der Waals surface area (Å²) in [5.74, 6) is -0.320. The largest absolute Gasteiger partial charge is 0.444 e. The van der Waals surface area contributed by atoms with Crippen LogP contribution < -0.4 is 10.6 Å². The summed E-state index contributed by atoms with van der Waals surface area (Å²) in [5, 5.41) is 10.1. The van der Waals surface area contributed by atoms with Crippen LogP contribution in [0.4, 0.5) is 16.2 Å². The van der Waals surface area contributed by atoms with Gasteiger partial charge < -0.3 is 10.1 Å². The first-order valence-electron chi connectivity index (χ1n) is 11.5. The summed E-state index contributed by atoms with van der Waals surface area (Å²) in [6, 6.07) is 17.1. The zero-order valence-corrected chi connectivity index (χ0v) is 20.8. The summed E-state index contributed by atoms with van der Waals surface area (Å²) in [4.78, 5) is 24.8. The third-order valence-electron chi connectivity index (χ3n) is 5.05. The molecule has 7 heteroatoms.